The second-order valence-electron chi connectivity index (χ2n) is 8.31. The Kier molecular flexibility index (Phi) is 7.46. The Bertz CT molecular complexity index is 535. The lowest BCUT2D eigenvalue weighted by molar-refractivity contribution is -0.130. The molecule has 1 N–H and O–H groups in total. The van der Waals surface area contributed by atoms with Crippen molar-refractivity contribution < 1.29 is 18.5 Å². The Morgan fingerprint density at radius 1 is 1.23 bits per heavy atom. The van der Waals surface area contributed by atoms with Gasteiger partial charge in [-0.15, -0.1) is 0 Å². The van der Waals surface area contributed by atoms with E-state index in [1.165, 1.54) is 0 Å². The van der Waals surface area contributed by atoms with E-state index in [1.807, 2.05) is 32.0 Å². The molecule has 2 rings (SSSR count). The Labute approximate surface area is 159 Å². The quantitative estimate of drug-likeness (QED) is 0.781. The molecule has 2 amide bonds. The van der Waals surface area contributed by atoms with Crippen LogP contribution in [0.25, 0.3) is 0 Å². The van der Waals surface area contributed by atoms with Crippen molar-refractivity contribution in [3.8, 4) is 0 Å². The van der Waals surface area contributed by atoms with Gasteiger partial charge in [0.05, 0.1) is 11.0 Å². The van der Waals surface area contributed by atoms with Crippen LogP contribution in [0, 0.1) is 5.41 Å². The smallest absolute Gasteiger partial charge is 0.407 e. The summed E-state index contributed by atoms with van der Waals surface area (Å²) in [7, 11) is -1.00. The molecule has 8 heteroatoms. The number of carbonyl (C=O) groups excluding carboxylic acids is 2. The van der Waals surface area contributed by atoms with Gasteiger partial charge in [-0.2, -0.15) is 0 Å². The molecule has 2 heterocycles. The third-order valence-corrected chi connectivity index (χ3v) is 6.65. The summed E-state index contributed by atoms with van der Waals surface area (Å²) in [5.74, 6) is 0.599. The molecular weight excluding hydrogens is 354 g/mol. The van der Waals surface area contributed by atoms with Gasteiger partial charge in [0.25, 0.3) is 0 Å². The molecule has 0 saturated carbocycles. The third kappa shape index (κ3) is 5.94. The first-order valence-corrected chi connectivity index (χ1v) is 10.8. The Hall–Kier alpha value is -1.15. The lowest BCUT2D eigenvalue weighted by Gasteiger charge is -2.35. The first-order chi connectivity index (χ1) is 12.2. The zero-order valence-corrected chi connectivity index (χ0v) is 17.3. The van der Waals surface area contributed by atoms with Crippen LogP contribution >= 0.6 is 0 Å². The Morgan fingerprint density at radius 2 is 1.96 bits per heavy atom. The second kappa shape index (κ2) is 9.17. The van der Waals surface area contributed by atoms with Crippen LogP contribution in [0.2, 0.25) is 0 Å². The highest BCUT2D eigenvalue weighted by Crippen LogP contribution is 2.25. The minimum Gasteiger partial charge on any atom is -0.444 e. The number of likely N-dealkylation sites (tertiary alicyclic amines) is 1. The number of amides is 2. The largest absolute Gasteiger partial charge is 0.444 e. The van der Waals surface area contributed by atoms with Gasteiger partial charge in [0, 0.05) is 36.8 Å². The van der Waals surface area contributed by atoms with Crippen LogP contribution in [-0.2, 0) is 20.5 Å². The van der Waals surface area contributed by atoms with E-state index in [0.717, 1.165) is 38.8 Å². The predicted molar refractivity (Wildman–Crippen MR) is 102 cm³/mol. The predicted octanol–water partition coefficient (Wildman–Crippen LogP) is 1.90. The van der Waals surface area contributed by atoms with Gasteiger partial charge in [-0.25, -0.2) is 13.3 Å². The molecule has 2 fully saturated rings. The van der Waals surface area contributed by atoms with Gasteiger partial charge in [0.2, 0.25) is 5.91 Å². The van der Waals surface area contributed by atoms with Crippen molar-refractivity contribution in [2.45, 2.75) is 65.5 Å². The van der Waals surface area contributed by atoms with E-state index in [9.17, 15) is 13.8 Å². The molecule has 3 atom stereocenters. The molecule has 2 aliphatic rings. The molecule has 7 nitrogen and oxygen atoms in total. The normalized spacial score (nSPS) is 25.8. The number of alkyl carbamates (subject to hydrolysis) is 1. The molecule has 0 aromatic carbocycles. The molecule has 0 spiro atoms. The van der Waals surface area contributed by atoms with E-state index in [4.69, 9.17) is 4.74 Å². The summed E-state index contributed by atoms with van der Waals surface area (Å²) in [5.41, 5.74) is -0.285. The summed E-state index contributed by atoms with van der Waals surface area (Å²) in [6.45, 7) is 9.92. The van der Waals surface area contributed by atoms with Gasteiger partial charge >= 0.3 is 6.09 Å². The summed E-state index contributed by atoms with van der Waals surface area (Å²) in [5, 5.41) is 2.58. The molecule has 0 aliphatic carbocycles. The minimum atomic E-state index is -1.00. The van der Waals surface area contributed by atoms with Crippen LogP contribution in [0.5, 0.6) is 0 Å². The highest BCUT2D eigenvalue weighted by atomic mass is 32.2. The number of hydrogen-bond donors (Lipinski definition) is 1. The molecule has 1 unspecified atom stereocenters. The first kappa shape index (κ1) is 21.2. The van der Waals surface area contributed by atoms with E-state index in [0.29, 0.717) is 12.3 Å². The van der Waals surface area contributed by atoms with Gasteiger partial charge in [-0.1, -0.05) is 20.8 Å². The van der Waals surface area contributed by atoms with Crippen LogP contribution < -0.4 is 5.32 Å². The van der Waals surface area contributed by atoms with E-state index in [2.05, 4.69) is 5.32 Å². The van der Waals surface area contributed by atoms with Crippen molar-refractivity contribution in [3.05, 3.63) is 0 Å². The summed E-state index contributed by atoms with van der Waals surface area (Å²) >= 11 is 0. The highest BCUT2D eigenvalue weighted by molar-refractivity contribution is 7.82. The lowest BCUT2D eigenvalue weighted by atomic mass is 9.89. The van der Waals surface area contributed by atoms with Gasteiger partial charge in [-0.3, -0.25) is 4.79 Å². The maximum Gasteiger partial charge on any atom is 0.407 e. The average molecular weight is 388 g/mol. The van der Waals surface area contributed by atoms with Gasteiger partial charge in [-0.05, 0) is 32.6 Å². The number of rotatable bonds is 5. The van der Waals surface area contributed by atoms with Crippen LogP contribution in [0.3, 0.4) is 0 Å². The fourth-order valence-corrected chi connectivity index (χ4v) is 4.66. The van der Waals surface area contributed by atoms with Crippen molar-refractivity contribution in [1.82, 2.24) is 14.5 Å². The zero-order chi connectivity index (χ0) is 19.3. The van der Waals surface area contributed by atoms with E-state index in [-0.39, 0.29) is 23.9 Å². The monoisotopic (exact) mass is 387 g/mol. The van der Waals surface area contributed by atoms with Crippen LogP contribution in [-0.4, -0.2) is 69.5 Å². The molecule has 0 radical (unpaired) electrons. The van der Waals surface area contributed by atoms with Crippen molar-refractivity contribution in [3.63, 3.8) is 0 Å². The first-order valence-electron chi connectivity index (χ1n) is 9.56. The van der Waals surface area contributed by atoms with E-state index >= 15 is 0 Å². The Balaban J connectivity index is 1.85. The fourth-order valence-electron chi connectivity index (χ4n) is 3.32. The lowest BCUT2D eigenvalue weighted by Crippen LogP contribution is -2.48. The summed E-state index contributed by atoms with van der Waals surface area (Å²) in [4.78, 5) is 26.2. The fraction of sp³-hybridized carbons (Fsp3) is 0.889. The summed E-state index contributed by atoms with van der Waals surface area (Å²) in [6.07, 6.45) is 3.02. The SMILES string of the molecule is C[C@@H]1CCCN1C(=O)CNC(=O)O[C@H](CN1CCCCS1=O)C(C)(C)C. The van der Waals surface area contributed by atoms with Crippen LogP contribution in [0.1, 0.15) is 53.4 Å². The van der Waals surface area contributed by atoms with Crippen molar-refractivity contribution in [2.24, 2.45) is 5.41 Å². The van der Waals surface area contributed by atoms with E-state index in [1.54, 1.807) is 4.90 Å². The number of carbonyl (C=O) groups is 2. The van der Waals surface area contributed by atoms with Gasteiger partial charge in [0.15, 0.2) is 0 Å². The maximum atomic E-state index is 12.2. The molecule has 0 bridgehead atoms. The summed E-state index contributed by atoms with van der Waals surface area (Å²) in [6, 6.07) is 0.233. The summed E-state index contributed by atoms with van der Waals surface area (Å²) < 4.78 is 19.7. The molecule has 2 saturated heterocycles. The minimum absolute atomic E-state index is 0.0460. The topological polar surface area (TPSA) is 79.0 Å². The third-order valence-electron chi connectivity index (χ3n) is 5.11. The van der Waals surface area contributed by atoms with E-state index < -0.39 is 23.2 Å². The molecule has 2 aliphatic heterocycles. The highest BCUT2D eigenvalue weighted by Gasteiger charge is 2.33. The van der Waals surface area contributed by atoms with Crippen molar-refractivity contribution in [1.29, 1.82) is 0 Å². The maximum absolute atomic E-state index is 12.2. The molecule has 0 aromatic rings. The number of ether oxygens (including phenoxy) is 1. The van der Waals surface area contributed by atoms with Gasteiger partial charge < -0.3 is 15.0 Å². The number of hydrogen-bond acceptors (Lipinski definition) is 4. The Morgan fingerprint density at radius 3 is 2.54 bits per heavy atom. The molecule has 150 valence electrons. The standard InChI is InChI=1S/C18H33N3O4S/c1-14-8-7-10-21(14)16(22)12-19-17(23)25-15(18(2,3)4)13-20-9-5-6-11-26(20)24/h14-15H,5-13H2,1-4H3,(H,19,23)/t14-,15-,26?/m1/s1. The number of nitrogens with one attached hydrogen (secondary N) is 1. The molecular formula is C18H33N3O4S. The van der Waals surface area contributed by atoms with Crippen molar-refractivity contribution >= 4 is 23.0 Å². The van der Waals surface area contributed by atoms with Crippen LogP contribution in [0.15, 0.2) is 0 Å². The van der Waals surface area contributed by atoms with Gasteiger partial charge in [0.1, 0.15) is 12.6 Å². The second-order valence-corrected chi connectivity index (χ2v) is 9.88. The van der Waals surface area contributed by atoms with Crippen LogP contribution in [0.4, 0.5) is 4.79 Å². The molecule has 26 heavy (non-hydrogen) atoms. The van der Waals surface area contributed by atoms with Crippen molar-refractivity contribution in [2.75, 3.05) is 31.9 Å². The zero-order valence-electron chi connectivity index (χ0n) is 16.5. The molecule has 0 aromatic heterocycles. The number of nitrogens with zero attached hydrogens (tertiary/aromatic N) is 2. The average Bonchev–Trinajstić information content (AvgIpc) is 2.99.